The summed E-state index contributed by atoms with van der Waals surface area (Å²) in [5.41, 5.74) is 0. The van der Waals surface area contributed by atoms with E-state index in [4.69, 9.17) is 37.0 Å². The van der Waals surface area contributed by atoms with Crippen molar-refractivity contribution in [3.8, 4) is 0 Å². The van der Waals surface area contributed by atoms with Crippen molar-refractivity contribution in [3.63, 3.8) is 0 Å². The topological polar surface area (TPSA) is 237 Å². The minimum atomic E-state index is -4.96. The van der Waals surface area contributed by atoms with Gasteiger partial charge < -0.3 is 33.8 Å². The lowest BCUT2D eigenvalue weighted by Gasteiger charge is -2.21. The molecule has 0 fully saturated rings. The van der Waals surface area contributed by atoms with Crippen LogP contribution in [0.5, 0.6) is 0 Å². The van der Waals surface area contributed by atoms with Gasteiger partial charge in [0.1, 0.15) is 19.3 Å². The van der Waals surface area contributed by atoms with Gasteiger partial charge in [-0.05, 0) is 49.4 Å². The second-order valence-electron chi connectivity index (χ2n) is 31.5. The zero-order valence-electron chi connectivity index (χ0n) is 67.2. The fraction of sp³-hybridized carbons (Fsp3) is 0.952. The molecule has 0 aromatic rings. The average molecular weight is 1490 g/mol. The largest absolute Gasteiger partial charge is 0.472 e. The SMILES string of the molecule is CCC(C)CCCCCCCCC(=O)OC[C@H](COP(=O)(O)OC[C@H](O)COP(=O)(O)OC[C@@H](COC(=O)CCCCCCCCCCCCCCCCCC(C)C)OC(=O)CCCCCCCCCCCCCCCCC(C)C)OC(=O)CCCCCCCCCCCCCCCCC(C)C. The summed E-state index contributed by atoms with van der Waals surface area (Å²) in [6, 6.07) is 0. The number of aliphatic hydroxyl groups is 1. The lowest BCUT2D eigenvalue weighted by molar-refractivity contribution is -0.161. The molecule has 0 saturated carbocycles. The summed E-state index contributed by atoms with van der Waals surface area (Å²) in [5, 5.41) is 10.7. The van der Waals surface area contributed by atoms with Crippen molar-refractivity contribution in [1.29, 1.82) is 0 Å². The van der Waals surface area contributed by atoms with E-state index in [2.05, 4.69) is 55.4 Å². The highest BCUT2D eigenvalue weighted by Gasteiger charge is 2.30. The Kier molecular flexibility index (Phi) is 70.6. The highest BCUT2D eigenvalue weighted by Crippen LogP contribution is 2.45. The second-order valence-corrected chi connectivity index (χ2v) is 34.4. The van der Waals surface area contributed by atoms with Crippen LogP contribution < -0.4 is 0 Å². The zero-order chi connectivity index (χ0) is 75.3. The van der Waals surface area contributed by atoms with Gasteiger partial charge in [-0.2, -0.15) is 0 Å². The second kappa shape index (κ2) is 72.0. The number of aliphatic hydroxyl groups excluding tert-OH is 1. The summed E-state index contributed by atoms with van der Waals surface area (Å²) in [5.74, 6) is 1.02. The van der Waals surface area contributed by atoms with E-state index in [0.717, 1.165) is 120 Å². The van der Waals surface area contributed by atoms with Gasteiger partial charge in [-0.15, -0.1) is 0 Å². The first kappa shape index (κ1) is 100. The number of hydrogen-bond donors (Lipinski definition) is 3. The summed E-state index contributed by atoms with van der Waals surface area (Å²) in [4.78, 5) is 73.1. The summed E-state index contributed by atoms with van der Waals surface area (Å²) in [7, 11) is -9.93. The van der Waals surface area contributed by atoms with Gasteiger partial charge in [-0.3, -0.25) is 37.3 Å². The van der Waals surface area contributed by atoms with Gasteiger partial charge in [-0.1, -0.05) is 376 Å². The smallest absolute Gasteiger partial charge is 0.462 e. The van der Waals surface area contributed by atoms with Crippen molar-refractivity contribution in [2.24, 2.45) is 23.7 Å². The molecule has 0 amide bonds. The van der Waals surface area contributed by atoms with Crippen molar-refractivity contribution >= 4 is 39.5 Å². The molecule has 0 spiro atoms. The van der Waals surface area contributed by atoms with E-state index in [-0.39, 0.29) is 25.7 Å². The summed E-state index contributed by atoms with van der Waals surface area (Å²) in [6.07, 6.45) is 59.7. The Bertz CT molecular complexity index is 1990. The Labute approximate surface area is 626 Å². The number of phosphoric acid groups is 2. The van der Waals surface area contributed by atoms with E-state index in [1.807, 2.05) is 0 Å². The third-order valence-electron chi connectivity index (χ3n) is 19.7. The number of ether oxygens (including phenoxy) is 4. The van der Waals surface area contributed by atoms with Crippen LogP contribution in [0.15, 0.2) is 0 Å². The van der Waals surface area contributed by atoms with Gasteiger partial charge >= 0.3 is 39.5 Å². The third-order valence-corrected chi connectivity index (χ3v) is 21.6. The maximum Gasteiger partial charge on any atom is 0.472 e. The standard InChI is InChI=1S/C83H162O17P2/c1-9-76(8)62-54-46-41-42-48-56-64-81(86)94-70-79(100-83(88)66-58-50-40-34-28-22-16-14-19-25-31-37-45-53-61-75(6)7)72-98-102(91,92)96-68-77(84)67-95-101(89,90)97-71-78(99-82(87)65-57-49-39-33-27-21-15-13-18-24-30-36-44-52-60-74(4)5)69-93-80(85)63-55-47-38-32-26-20-12-10-11-17-23-29-35-43-51-59-73(2)3/h73-79,84H,9-72H2,1-8H3,(H,89,90)(H,91,92)/t76?,77-,78-,79-/m1/s1. The molecule has 0 heterocycles. The van der Waals surface area contributed by atoms with E-state index in [1.165, 1.54) is 225 Å². The van der Waals surface area contributed by atoms with Gasteiger partial charge in [0.15, 0.2) is 12.2 Å². The molecule has 0 bridgehead atoms. The molecular weight excluding hydrogens is 1330 g/mol. The quantitative estimate of drug-likeness (QED) is 0.0222. The van der Waals surface area contributed by atoms with Gasteiger partial charge in [-0.25, -0.2) is 9.13 Å². The number of rotatable bonds is 80. The van der Waals surface area contributed by atoms with Crippen LogP contribution in [0.3, 0.4) is 0 Å². The average Bonchev–Trinajstić information content (AvgIpc) is 0.929. The fourth-order valence-electron chi connectivity index (χ4n) is 12.8. The highest BCUT2D eigenvalue weighted by molar-refractivity contribution is 7.47. The van der Waals surface area contributed by atoms with Crippen LogP contribution in [0, 0.1) is 23.7 Å². The van der Waals surface area contributed by atoms with Crippen molar-refractivity contribution in [2.75, 3.05) is 39.6 Å². The summed E-state index contributed by atoms with van der Waals surface area (Å²) in [6.45, 7) is 14.3. The lowest BCUT2D eigenvalue weighted by atomic mass is 10.00. The van der Waals surface area contributed by atoms with Crippen LogP contribution in [0.1, 0.15) is 428 Å². The maximum atomic E-state index is 13.1. The minimum Gasteiger partial charge on any atom is -0.462 e. The number of hydrogen-bond acceptors (Lipinski definition) is 15. The molecule has 0 aliphatic carbocycles. The van der Waals surface area contributed by atoms with Crippen molar-refractivity contribution in [2.45, 2.75) is 446 Å². The molecule has 0 aliphatic rings. The van der Waals surface area contributed by atoms with Gasteiger partial charge in [0.05, 0.1) is 26.4 Å². The molecule has 0 aliphatic heterocycles. The first-order valence-corrected chi connectivity index (χ1v) is 45.7. The molecule has 0 aromatic carbocycles. The van der Waals surface area contributed by atoms with Crippen molar-refractivity contribution in [3.05, 3.63) is 0 Å². The first-order chi connectivity index (χ1) is 49.1. The maximum absolute atomic E-state index is 13.1. The van der Waals surface area contributed by atoms with Crippen LogP contribution in [-0.4, -0.2) is 96.7 Å². The van der Waals surface area contributed by atoms with Crippen LogP contribution in [-0.2, 0) is 65.4 Å². The number of phosphoric ester groups is 2. The Morgan fingerprint density at radius 3 is 0.696 bits per heavy atom. The Balaban J connectivity index is 5.25. The first-order valence-electron chi connectivity index (χ1n) is 42.7. The molecule has 606 valence electrons. The molecule has 0 radical (unpaired) electrons. The van der Waals surface area contributed by atoms with Crippen LogP contribution in [0.25, 0.3) is 0 Å². The van der Waals surface area contributed by atoms with Crippen LogP contribution in [0.2, 0.25) is 0 Å². The van der Waals surface area contributed by atoms with E-state index in [1.54, 1.807) is 0 Å². The number of carbonyl (C=O) groups excluding carboxylic acids is 4. The lowest BCUT2D eigenvalue weighted by Crippen LogP contribution is -2.30. The molecular formula is C83H162O17P2. The van der Waals surface area contributed by atoms with E-state index in [0.29, 0.717) is 25.7 Å². The van der Waals surface area contributed by atoms with Crippen LogP contribution >= 0.6 is 15.6 Å². The Morgan fingerprint density at radius 1 is 0.275 bits per heavy atom. The Morgan fingerprint density at radius 2 is 0.471 bits per heavy atom. The number of carbonyl (C=O) groups is 4. The van der Waals surface area contributed by atoms with E-state index in [9.17, 15) is 43.2 Å². The monoisotopic (exact) mass is 1490 g/mol. The molecule has 3 N–H and O–H groups in total. The van der Waals surface area contributed by atoms with Crippen molar-refractivity contribution in [1.82, 2.24) is 0 Å². The Hall–Kier alpha value is -1.94. The predicted molar refractivity (Wildman–Crippen MR) is 418 cm³/mol. The molecule has 19 heteroatoms. The molecule has 3 unspecified atom stereocenters. The molecule has 6 atom stereocenters. The predicted octanol–water partition coefficient (Wildman–Crippen LogP) is 24.8. The van der Waals surface area contributed by atoms with E-state index < -0.39 is 97.5 Å². The number of unbranched alkanes of at least 4 members (excludes halogenated alkanes) is 45. The molecule has 17 nitrogen and oxygen atoms in total. The van der Waals surface area contributed by atoms with Gasteiger partial charge in [0.25, 0.3) is 0 Å². The van der Waals surface area contributed by atoms with E-state index >= 15 is 0 Å². The molecule has 0 aromatic heterocycles. The minimum absolute atomic E-state index is 0.106. The summed E-state index contributed by atoms with van der Waals surface area (Å²) >= 11 is 0. The number of esters is 4. The molecule has 102 heavy (non-hydrogen) atoms. The molecule has 0 saturated heterocycles. The van der Waals surface area contributed by atoms with Crippen LogP contribution in [0.4, 0.5) is 0 Å². The normalized spacial score (nSPS) is 14.3. The van der Waals surface area contributed by atoms with Gasteiger partial charge in [0.2, 0.25) is 0 Å². The molecule has 0 rings (SSSR count). The fourth-order valence-corrected chi connectivity index (χ4v) is 14.3. The van der Waals surface area contributed by atoms with Crippen molar-refractivity contribution < 1.29 is 80.2 Å². The highest BCUT2D eigenvalue weighted by atomic mass is 31.2. The third kappa shape index (κ3) is 74.9. The summed E-state index contributed by atoms with van der Waals surface area (Å²) < 4.78 is 68.8. The zero-order valence-corrected chi connectivity index (χ0v) is 69.0. The van der Waals surface area contributed by atoms with Gasteiger partial charge in [0, 0.05) is 25.7 Å².